The standard InChI is InChI=1S/C20H13Cl2N3O2/c1-12-4-2-5-13(10-12)27-17-9-8-16-19(20(26)23-11-25(16)24-17)18-14(21)6-3-7-15(18)22/h2-11H,1H3. The summed E-state index contributed by atoms with van der Waals surface area (Å²) in [6.45, 7) is 1.98. The second kappa shape index (κ2) is 7.02. The number of aryl methyl sites for hydroxylation is 1. The molecule has 0 bridgehead atoms. The van der Waals surface area contributed by atoms with Gasteiger partial charge in [0, 0.05) is 11.6 Å². The summed E-state index contributed by atoms with van der Waals surface area (Å²) >= 11 is 12.6. The molecule has 7 heteroatoms. The van der Waals surface area contributed by atoms with Crippen LogP contribution < -0.4 is 10.3 Å². The van der Waals surface area contributed by atoms with Crippen molar-refractivity contribution >= 4 is 28.7 Å². The normalized spacial score (nSPS) is 10.9. The molecule has 0 atom stereocenters. The number of nitrogens with zero attached hydrogens (tertiary/aromatic N) is 3. The van der Waals surface area contributed by atoms with Crippen LogP contribution in [0.5, 0.6) is 11.6 Å². The Balaban J connectivity index is 1.85. The molecule has 4 rings (SSSR count). The molecule has 0 aliphatic rings. The number of hydrogen-bond donors (Lipinski definition) is 0. The van der Waals surface area contributed by atoms with Crippen LogP contribution in [0.25, 0.3) is 16.6 Å². The predicted octanol–water partition coefficient (Wildman–Crippen LogP) is 5.16. The SMILES string of the molecule is Cc1cccc(Oc2ccc3c(-c4c(Cl)cccc4Cl)c(=O)ncn3n2)c1. The molecule has 5 nitrogen and oxygen atoms in total. The second-order valence-corrected chi connectivity index (χ2v) is 6.76. The summed E-state index contributed by atoms with van der Waals surface area (Å²) < 4.78 is 7.27. The van der Waals surface area contributed by atoms with E-state index >= 15 is 0 Å². The topological polar surface area (TPSA) is 56.5 Å². The lowest BCUT2D eigenvalue weighted by atomic mass is 10.1. The zero-order valence-corrected chi connectivity index (χ0v) is 15.7. The van der Waals surface area contributed by atoms with Crippen LogP contribution in [-0.4, -0.2) is 14.6 Å². The van der Waals surface area contributed by atoms with Crippen LogP contribution in [0.3, 0.4) is 0 Å². The molecule has 0 aliphatic heterocycles. The maximum atomic E-state index is 12.5. The lowest BCUT2D eigenvalue weighted by Gasteiger charge is -2.11. The molecular formula is C20H13Cl2N3O2. The summed E-state index contributed by atoms with van der Waals surface area (Å²) in [7, 11) is 0. The summed E-state index contributed by atoms with van der Waals surface area (Å²) in [6, 6.07) is 16.1. The third-order valence-corrected chi connectivity index (χ3v) is 4.65. The van der Waals surface area contributed by atoms with Crippen molar-refractivity contribution in [3.63, 3.8) is 0 Å². The first kappa shape index (κ1) is 17.5. The van der Waals surface area contributed by atoms with Gasteiger partial charge in [-0.1, -0.05) is 41.4 Å². The van der Waals surface area contributed by atoms with Gasteiger partial charge in [-0.3, -0.25) is 4.79 Å². The van der Waals surface area contributed by atoms with E-state index in [0.29, 0.717) is 38.3 Å². The van der Waals surface area contributed by atoms with Crippen molar-refractivity contribution in [2.45, 2.75) is 6.92 Å². The van der Waals surface area contributed by atoms with E-state index in [1.54, 1.807) is 30.3 Å². The Kier molecular flexibility index (Phi) is 4.56. The average molecular weight is 398 g/mol. The van der Waals surface area contributed by atoms with Crippen LogP contribution in [0.1, 0.15) is 5.56 Å². The van der Waals surface area contributed by atoms with Gasteiger partial charge in [0.15, 0.2) is 0 Å². The molecule has 0 fully saturated rings. The van der Waals surface area contributed by atoms with Gasteiger partial charge in [-0.2, -0.15) is 4.98 Å². The van der Waals surface area contributed by atoms with Crippen LogP contribution in [0.2, 0.25) is 10.0 Å². The van der Waals surface area contributed by atoms with Gasteiger partial charge in [0.25, 0.3) is 5.56 Å². The fourth-order valence-corrected chi connectivity index (χ4v) is 3.40. The molecule has 134 valence electrons. The molecule has 0 saturated heterocycles. The minimum atomic E-state index is -0.431. The molecule has 0 spiro atoms. The van der Waals surface area contributed by atoms with Crippen LogP contribution >= 0.6 is 23.2 Å². The minimum Gasteiger partial charge on any atom is -0.438 e. The van der Waals surface area contributed by atoms with Crippen molar-refractivity contribution in [1.82, 2.24) is 14.6 Å². The van der Waals surface area contributed by atoms with E-state index in [1.807, 2.05) is 31.2 Å². The Hall–Kier alpha value is -2.89. The number of aromatic nitrogens is 3. The highest BCUT2D eigenvalue weighted by Crippen LogP contribution is 2.34. The maximum Gasteiger partial charge on any atom is 0.281 e. The van der Waals surface area contributed by atoms with Gasteiger partial charge >= 0.3 is 0 Å². The molecule has 2 aromatic carbocycles. The molecule has 0 amide bonds. The first-order chi connectivity index (χ1) is 13.0. The van der Waals surface area contributed by atoms with Crippen molar-refractivity contribution in [3.8, 4) is 22.8 Å². The van der Waals surface area contributed by atoms with Crippen LogP contribution in [0, 0.1) is 6.92 Å². The van der Waals surface area contributed by atoms with E-state index in [-0.39, 0.29) is 0 Å². The third-order valence-electron chi connectivity index (χ3n) is 4.02. The van der Waals surface area contributed by atoms with Gasteiger partial charge in [-0.05, 0) is 42.8 Å². The number of ether oxygens (including phenoxy) is 1. The van der Waals surface area contributed by atoms with Gasteiger partial charge < -0.3 is 4.74 Å². The molecule has 27 heavy (non-hydrogen) atoms. The van der Waals surface area contributed by atoms with Crippen molar-refractivity contribution in [2.75, 3.05) is 0 Å². The Bertz CT molecular complexity index is 1200. The van der Waals surface area contributed by atoms with Gasteiger partial charge in [0.1, 0.15) is 12.1 Å². The molecule has 2 heterocycles. The average Bonchev–Trinajstić information content (AvgIpc) is 2.63. The van der Waals surface area contributed by atoms with E-state index in [4.69, 9.17) is 27.9 Å². The quantitative estimate of drug-likeness (QED) is 0.478. The highest BCUT2D eigenvalue weighted by atomic mass is 35.5. The number of hydrogen-bond acceptors (Lipinski definition) is 4. The first-order valence-corrected chi connectivity index (χ1v) is 8.86. The Labute approximate surface area is 164 Å². The summed E-state index contributed by atoms with van der Waals surface area (Å²) in [5.41, 5.74) is 1.91. The van der Waals surface area contributed by atoms with Crippen LogP contribution in [0.4, 0.5) is 0 Å². The Morgan fingerprint density at radius 1 is 0.963 bits per heavy atom. The Morgan fingerprint density at radius 2 is 1.70 bits per heavy atom. The van der Waals surface area contributed by atoms with E-state index < -0.39 is 5.56 Å². The number of fused-ring (bicyclic) bond motifs is 1. The lowest BCUT2D eigenvalue weighted by molar-refractivity contribution is 0.451. The van der Waals surface area contributed by atoms with Crippen molar-refractivity contribution < 1.29 is 4.74 Å². The Morgan fingerprint density at radius 3 is 2.44 bits per heavy atom. The van der Waals surface area contributed by atoms with Crippen LogP contribution in [-0.2, 0) is 0 Å². The molecule has 0 saturated carbocycles. The maximum absolute atomic E-state index is 12.5. The summed E-state index contributed by atoms with van der Waals surface area (Å²) in [5, 5.41) is 5.13. The highest BCUT2D eigenvalue weighted by molar-refractivity contribution is 6.39. The smallest absolute Gasteiger partial charge is 0.281 e. The van der Waals surface area contributed by atoms with Crippen molar-refractivity contribution in [3.05, 3.63) is 86.9 Å². The van der Waals surface area contributed by atoms with E-state index in [9.17, 15) is 4.79 Å². The number of rotatable bonds is 3. The van der Waals surface area contributed by atoms with E-state index in [2.05, 4.69) is 10.1 Å². The monoisotopic (exact) mass is 397 g/mol. The van der Waals surface area contributed by atoms with Gasteiger partial charge in [0.05, 0.1) is 21.1 Å². The second-order valence-electron chi connectivity index (χ2n) is 5.94. The van der Waals surface area contributed by atoms with Crippen LogP contribution in [0.15, 0.2) is 65.7 Å². The number of halogens is 2. The molecule has 0 radical (unpaired) electrons. The predicted molar refractivity (Wildman–Crippen MR) is 106 cm³/mol. The summed E-state index contributed by atoms with van der Waals surface area (Å²) in [4.78, 5) is 16.4. The highest BCUT2D eigenvalue weighted by Gasteiger charge is 2.17. The van der Waals surface area contributed by atoms with E-state index in [1.165, 1.54) is 10.8 Å². The van der Waals surface area contributed by atoms with Crippen molar-refractivity contribution in [2.24, 2.45) is 0 Å². The van der Waals surface area contributed by atoms with Gasteiger partial charge in [-0.25, -0.2) is 4.52 Å². The zero-order chi connectivity index (χ0) is 19.0. The number of benzene rings is 2. The molecule has 0 aliphatic carbocycles. The fraction of sp³-hybridized carbons (Fsp3) is 0.0500. The summed E-state index contributed by atoms with van der Waals surface area (Å²) in [6.07, 6.45) is 1.34. The molecule has 0 N–H and O–H groups in total. The molecular weight excluding hydrogens is 385 g/mol. The molecule has 4 aromatic rings. The minimum absolute atomic E-state index is 0.294. The molecule has 2 aromatic heterocycles. The lowest BCUT2D eigenvalue weighted by Crippen LogP contribution is -2.14. The first-order valence-electron chi connectivity index (χ1n) is 8.10. The third kappa shape index (κ3) is 3.39. The summed E-state index contributed by atoms with van der Waals surface area (Å²) in [5.74, 6) is 1.04. The van der Waals surface area contributed by atoms with E-state index in [0.717, 1.165) is 5.56 Å². The van der Waals surface area contributed by atoms with Crippen molar-refractivity contribution in [1.29, 1.82) is 0 Å². The zero-order valence-electron chi connectivity index (χ0n) is 14.2. The fourth-order valence-electron chi connectivity index (χ4n) is 2.81. The van der Waals surface area contributed by atoms with Gasteiger partial charge in [0.2, 0.25) is 5.88 Å². The largest absolute Gasteiger partial charge is 0.438 e. The van der Waals surface area contributed by atoms with Gasteiger partial charge in [-0.15, -0.1) is 5.10 Å². The molecule has 0 unspecified atom stereocenters.